The van der Waals surface area contributed by atoms with Crippen LogP contribution in [0.2, 0.25) is 0 Å². The third kappa shape index (κ3) is 1.94. The van der Waals surface area contributed by atoms with Gasteiger partial charge in [0.05, 0.1) is 25.0 Å². The molecule has 0 radical (unpaired) electrons. The number of aromatic nitrogens is 2. The lowest BCUT2D eigenvalue weighted by Gasteiger charge is -2.09. The average Bonchev–Trinajstić information content (AvgIpc) is 2.36. The van der Waals surface area contributed by atoms with Gasteiger partial charge in [0, 0.05) is 7.11 Å². The van der Waals surface area contributed by atoms with E-state index >= 15 is 0 Å². The highest BCUT2D eigenvalue weighted by atomic mass is 16.5. The number of ether oxygens (including phenoxy) is 1. The Hall–Kier alpha value is -1.03. The van der Waals surface area contributed by atoms with E-state index in [-0.39, 0.29) is 11.8 Å². The fraction of sp³-hybridized carbons (Fsp3) is 0.571. The van der Waals surface area contributed by atoms with E-state index in [4.69, 9.17) is 9.84 Å². The summed E-state index contributed by atoms with van der Waals surface area (Å²) in [6.45, 7) is 2.57. The van der Waals surface area contributed by atoms with Gasteiger partial charge in [0.2, 0.25) is 0 Å². The SMILES string of the molecule is COCC(C)n1cc(O)cn1. The Kier molecular flexibility index (Phi) is 2.48. The molecule has 11 heavy (non-hydrogen) atoms. The Bertz CT molecular complexity index is 222. The molecule has 1 aromatic heterocycles. The van der Waals surface area contributed by atoms with Crippen molar-refractivity contribution in [3.8, 4) is 5.75 Å². The van der Waals surface area contributed by atoms with E-state index in [1.54, 1.807) is 18.0 Å². The number of hydrogen-bond acceptors (Lipinski definition) is 3. The largest absolute Gasteiger partial charge is 0.505 e. The quantitative estimate of drug-likeness (QED) is 0.704. The fourth-order valence-corrected chi connectivity index (χ4v) is 0.887. The zero-order valence-electron chi connectivity index (χ0n) is 6.69. The molecule has 1 atom stereocenters. The summed E-state index contributed by atoms with van der Waals surface area (Å²) in [4.78, 5) is 0. The molecule has 0 aromatic carbocycles. The van der Waals surface area contributed by atoms with E-state index < -0.39 is 0 Å². The van der Waals surface area contributed by atoms with E-state index in [0.29, 0.717) is 6.61 Å². The highest BCUT2D eigenvalue weighted by molar-refractivity contribution is 5.08. The molecule has 62 valence electrons. The fourth-order valence-electron chi connectivity index (χ4n) is 0.887. The van der Waals surface area contributed by atoms with Crippen LogP contribution in [0.1, 0.15) is 13.0 Å². The van der Waals surface area contributed by atoms with Crippen LogP contribution in [0.25, 0.3) is 0 Å². The summed E-state index contributed by atoms with van der Waals surface area (Å²) in [5.41, 5.74) is 0. The lowest BCUT2D eigenvalue weighted by Crippen LogP contribution is -2.10. The van der Waals surface area contributed by atoms with E-state index in [2.05, 4.69) is 5.10 Å². The van der Waals surface area contributed by atoms with Crippen molar-refractivity contribution in [2.75, 3.05) is 13.7 Å². The van der Waals surface area contributed by atoms with E-state index in [9.17, 15) is 0 Å². The first-order valence-corrected chi connectivity index (χ1v) is 3.46. The predicted molar refractivity (Wildman–Crippen MR) is 40.5 cm³/mol. The van der Waals surface area contributed by atoms with Crippen molar-refractivity contribution in [3.63, 3.8) is 0 Å². The number of rotatable bonds is 3. The molecule has 4 nitrogen and oxygen atoms in total. The molecule has 0 saturated heterocycles. The van der Waals surface area contributed by atoms with Crippen LogP contribution in [-0.4, -0.2) is 28.6 Å². The van der Waals surface area contributed by atoms with Crippen molar-refractivity contribution in [1.82, 2.24) is 9.78 Å². The molecule has 0 amide bonds. The number of aromatic hydroxyl groups is 1. The third-order valence-electron chi connectivity index (χ3n) is 1.45. The van der Waals surface area contributed by atoms with Gasteiger partial charge >= 0.3 is 0 Å². The van der Waals surface area contributed by atoms with Gasteiger partial charge in [-0.25, -0.2) is 0 Å². The van der Waals surface area contributed by atoms with E-state index in [1.165, 1.54) is 6.20 Å². The number of methoxy groups -OCH3 is 1. The second-order valence-corrected chi connectivity index (χ2v) is 2.48. The van der Waals surface area contributed by atoms with E-state index in [0.717, 1.165) is 0 Å². The monoisotopic (exact) mass is 156 g/mol. The van der Waals surface area contributed by atoms with Crippen LogP contribution < -0.4 is 0 Å². The Morgan fingerprint density at radius 2 is 2.55 bits per heavy atom. The van der Waals surface area contributed by atoms with Crippen LogP contribution in [0.3, 0.4) is 0 Å². The van der Waals surface area contributed by atoms with Crippen LogP contribution in [0, 0.1) is 0 Å². The zero-order chi connectivity index (χ0) is 8.27. The van der Waals surface area contributed by atoms with Crippen LogP contribution >= 0.6 is 0 Å². The lowest BCUT2D eigenvalue weighted by atomic mass is 10.4. The summed E-state index contributed by atoms with van der Waals surface area (Å²) >= 11 is 0. The highest BCUT2D eigenvalue weighted by Crippen LogP contribution is 2.10. The Morgan fingerprint density at radius 1 is 1.82 bits per heavy atom. The first-order valence-electron chi connectivity index (χ1n) is 3.46. The lowest BCUT2D eigenvalue weighted by molar-refractivity contribution is 0.157. The van der Waals surface area contributed by atoms with Gasteiger partial charge in [0.15, 0.2) is 5.75 Å². The molecular weight excluding hydrogens is 144 g/mol. The van der Waals surface area contributed by atoms with Gasteiger partial charge in [-0.05, 0) is 6.92 Å². The van der Waals surface area contributed by atoms with Gasteiger partial charge in [0.25, 0.3) is 0 Å². The minimum Gasteiger partial charge on any atom is -0.505 e. The smallest absolute Gasteiger partial charge is 0.153 e. The topological polar surface area (TPSA) is 47.3 Å². The van der Waals surface area contributed by atoms with Crippen molar-refractivity contribution < 1.29 is 9.84 Å². The predicted octanol–water partition coefficient (Wildman–Crippen LogP) is 0.796. The second kappa shape index (κ2) is 3.39. The van der Waals surface area contributed by atoms with Crippen LogP contribution in [0.4, 0.5) is 0 Å². The first kappa shape index (κ1) is 8.07. The van der Waals surface area contributed by atoms with Crippen molar-refractivity contribution >= 4 is 0 Å². The van der Waals surface area contributed by atoms with Gasteiger partial charge in [0.1, 0.15) is 0 Å². The Labute approximate surface area is 65.4 Å². The highest BCUT2D eigenvalue weighted by Gasteiger charge is 2.04. The molecule has 0 aliphatic rings. The molecule has 1 N–H and O–H groups in total. The molecule has 1 aromatic rings. The molecule has 4 heteroatoms. The van der Waals surface area contributed by atoms with Gasteiger partial charge in [-0.2, -0.15) is 5.10 Å². The minimum atomic E-state index is 0.167. The number of hydrogen-bond donors (Lipinski definition) is 1. The molecule has 1 unspecified atom stereocenters. The third-order valence-corrected chi connectivity index (χ3v) is 1.45. The molecule has 1 rings (SSSR count). The average molecular weight is 156 g/mol. The summed E-state index contributed by atoms with van der Waals surface area (Å²) in [7, 11) is 1.64. The van der Waals surface area contributed by atoms with Gasteiger partial charge < -0.3 is 9.84 Å². The van der Waals surface area contributed by atoms with Crippen molar-refractivity contribution in [3.05, 3.63) is 12.4 Å². The molecule has 0 saturated carbocycles. The first-order chi connectivity index (χ1) is 5.24. The second-order valence-electron chi connectivity index (χ2n) is 2.48. The van der Waals surface area contributed by atoms with Crippen molar-refractivity contribution in [2.24, 2.45) is 0 Å². The maximum absolute atomic E-state index is 8.95. The molecular formula is C7H12N2O2. The normalized spacial score (nSPS) is 13.3. The van der Waals surface area contributed by atoms with Gasteiger partial charge in [-0.3, -0.25) is 4.68 Å². The molecule has 1 heterocycles. The van der Waals surface area contributed by atoms with Crippen molar-refractivity contribution in [1.29, 1.82) is 0 Å². The van der Waals surface area contributed by atoms with Crippen molar-refractivity contribution in [2.45, 2.75) is 13.0 Å². The molecule has 0 spiro atoms. The van der Waals surface area contributed by atoms with Crippen LogP contribution in [0.15, 0.2) is 12.4 Å². The Morgan fingerprint density at radius 3 is 3.00 bits per heavy atom. The number of nitrogens with zero attached hydrogens (tertiary/aromatic N) is 2. The molecule has 0 bridgehead atoms. The summed E-state index contributed by atoms with van der Waals surface area (Å²) < 4.78 is 6.59. The maximum Gasteiger partial charge on any atom is 0.153 e. The maximum atomic E-state index is 8.95. The minimum absolute atomic E-state index is 0.167. The summed E-state index contributed by atoms with van der Waals surface area (Å²) in [5, 5.41) is 12.9. The summed E-state index contributed by atoms with van der Waals surface area (Å²) in [5.74, 6) is 0.188. The molecule has 0 aliphatic carbocycles. The molecule has 0 aliphatic heterocycles. The van der Waals surface area contributed by atoms with Crippen LogP contribution in [-0.2, 0) is 4.74 Å². The zero-order valence-corrected chi connectivity index (χ0v) is 6.69. The Balaban J connectivity index is 2.60. The van der Waals surface area contributed by atoms with E-state index in [1.807, 2.05) is 6.92 Å². The molecule has 0 fully saturated rings. The van der Waals surface area contributed by atoms with Crippen LogP contribution in [0.5, 0.6) is 5.75 Å². The van der Waals surface area contributed by atoms with Gasteiger partial charge in [-0.1, -0.05) is 0 Å². The standard InChI is InChI=1S/C7H12N2O2/c1-6(5-11-2)9-4-7(10)3-8-9/h3-4,6,10H,5H2,1-2H3. The van der Waals surface area contributed by atoms with Gasteiger partial charge in [-0.15, -0.1) is 0 Å². The summed E-state index contributed by atoms with van der Waals surface area (Å²) in [6, 6.07) is 0.167. The summed E-state index contributed by atoms with van der Waals surface area (Å²) in [6.07, 6.45) is 2.98.